The topological polar surface area (TPSA) is 76.2 Å². The minimum Gasteiger partial charge on any atom is -0.478 e. The normalized spacial score (nSPS) is 10.6. The fourth-order valence-electron chi connectivity index (χ4n) is 2.04. The van der Waals surface area contributed by atoms with E-state index in [2.05, 4.69) is 10.1 Å². The van der Waals surface area contributed by atoms with Gasteiger partial charge in [-0.1, -0.05) is 28.9 Å². The van der Waals surface area contributed by atoms with Crippen molar-refractivity contribution in [2.75, 3.05) is 0 Å². The highest BCUT2D eigenvalue weighted by Gasteiger charge is 2.15. The monoisotopic (exact) mass is 298 g/mol. The predicted octanol–water partition coefficient (Wildman–Crippen LogP) is 3.55. The van der Waals surface area contributed by atoms with Gasteiger partial charge in [0.1, 0.15) is 5.82 Å². The Kier molecular flexibility index (Phi) is 3.42. The summed E-state index contributed by atoms with van der Waals surface area (Å²) in [5, 5.41) is 12.8. The zero-order valence-corrected chi connectivity index (χ0v) is 11.6. The summed E-state index contributed by atoms with van der Waals surface area (Å²) in [6.07, 6.45) is 0. The number of carboxylic acids is 1. The zero-order valence-electron chi connectivity index (χ0n) is 11.6. The second-order valence-electron chi connectivity index (χ2n) is 4.79. The van der Waals surface area contributed by atoms with Crippen molar-refractivity contribution < 1.29 is 18.8 Å². The van der Waals surface area contributed by atoms with Crippen LogP contribution in [-0.4, -0.2) is 21.2 Å². The van der Waals surface area contributed by atoms with Crippen molar-refractivity contribution in [1.82, 2.24) is 10.1 Å². The molecule has 110 valence electrons. The second-order valence-corrected chi connectivity index (χ2v) is 4.79. The number of hydrogen-bond acceptors (Lipinski definition) is 4. The van der Waals surface area contributed by atoms with Crippen LogP contribution in [0.4, 0.5) is 4.39 Å². The molecule has 0 aliphatic rings. The maximum atomic E-state index is 13.8. The largest absolute Gasteiger partial charge is 0.478 e. The summed E-state index contributed by atoms with van der Waals surface area (Å²) < 4.78 is 18.9. The maximum Gasteiger partial charge on any atom is 0.335 e. The number of carboxylic acid groups (broad SMARTS) is 1. The summed E-state index contributed by atoms with van der Waals surface area (Å²) in [5.74, 6) is -1.24. The first-order chi connectivity index (χ1) is 10.5. The van der Waals surface area contributed by atoms with E-state index in [0.717, 1.165) is 5.56 Å². The summed E-state index contributed by atoms with van der Waals surface area (Å²) in [7, 11) is 0. The van der Waals surface area contributed by atoms with Crippen molar-refractivity contribution in [1.29, 1.82) is 0 Å². The van der Waals surface area contributed by atoms with Gasteiger partial charge in [0, 0.05) is 5.56 Å². The van der Waals surface area contributed by atoms with Crippen LogP contribution in [0.3, 0.4) is 0 Å². The van der Waals surface area contributed by atoms with E-state index < -0.39 is 11.8 Å². The Morgan fingerprint density at radius 2 is 2.05 bits per heavy atom. The van der Waals surface area contributed by atoms with Gasteiger partial charge in [-0.3, -0.25) is 0 Å². The van der Waals surface area contributed by atoms with Gasteiger partial charge in [-0.2, -0.15) is 4.98 Å². The molecule has 3 aromatic rings. The average Bonchev–Trinajstić information content (AvgIpc) is 2.99. The highest BCUT2D eigenvalue weighted by atomic mass is 19.1. The van der Waals surface area contributed by atoms with Crippen molar-refractivity contribution in [3.05, 3.63) is 59.4 Å². The molecule has 3 rings (SSSR count). The number of benzene rings is 2. The standard InChI is InChI=1S/C16H11FN2O3/c1-9-5-6-13(17)12(7-9)15-18-14(19-22-15)10-3-2-4-11(8-10)16(20)21/h2-8H,1H3,(H,20,21). The second kappa shape index (κ2) is 5.40. The zero-order chi connectivity index (χ0) is 15.7. The number of aryl methyl sites for hydroxylation is 1. The van der Waals surface area contributed by atoms with Crippen molar-refractivity contribution >= 4 is 5.97 Å². The van der Waals surface area contributed by atoms with Crippen molar-refractivity contribution in [2.24, 2.45) is 0 Å². The molecule has 0 saturated carbocycles. The highest BCUT2D eigenvalue weighted by Crippen LogP contribution is 2.25. The summed E-state index contributed by atoms with van der Waals surface area (Å²) in [6, 6.07) is 10.7. The van der Waals surface area contributed by atoms with Crippen molar-refractivity contribution in [3.63, 3.8) is 0 Å². The van der Waals surface area contributed by atoms with Crippen molar-refractivity contribution in [3.8, 4) is 22.8 Å². The number of hydrogen-bond donors (Lipinski definition) is 1. The Labute approximate surface area is 125 Å². The predicted molar refractivity (Wildman–Crippen MR) is 76.8 cm³/mol. The first kappa shape index (κ1) is 13.9. The number of aromatic nitrogens is 2. The molecule has 0 aliphatic heterocycles. The van der Waals surface area contributed by atoms with Crippen LogP contribution in [0.15, 0.2) is 47.0 Å². The van der Waals surface area contributed by atoms with Crippen LogP contribution in [-0.2, 0) is 0 Å². The maximum absolute atomic E-state index is 13.8. The molecule has 0 atom stereocenters. The minimum atomic E-state index is -1.05. The van der Waals surface area contributed by atoms with Gasteiger partial charge in [0.05, 0.1) is 11.1 Å². The smallest absolute Gasteiger partial charge is 0.335 e. The number of rotatable bonds is 3. The van der Waals surface area contributed by atoms with Gasteiger partial charge in [-0.25, -0.2) is 9.18 Å². The fourth-order valence-corrected chi connectivity index (χ4v) is 2.04. The molecule has 0 unspecified atom stereocenters. The molecular weight excluding hydrogens is 287 g/mol. The van der Waals surface area contributed by atoms with Gasteiger partial charge in [0.25, 0.3) is 5.89 Å². The molecule has 0 spiro atoms. The van der Waals surface area contributed by atoms with Crippen molar-refractivity contribution in [2.45, 2.75) is 6.92 Å². The van der Waals surface area contributed by atoms with E-state index in [9.17, 15) is 9.18 Å². The van der Waals surface area contributed by atoms with E-state index in [1.165, 1.54) is 18.2 Å². The molecule has 5 nitrogen and oxygen atoms in total. The van der Waals surface area contributed by atoms with E-state index in [0.29, 0.717) is 5.56 Å². The van der Waals surface area contributed by atoms with Crippen LogP contribution < -0.4 is 0 Å². The van der Waals surface area contributed by atoms with Crippen LogP contribution in [0, 0.1) is 12.7 Å². The highest BCUT2D eigenvalue weighted by molar-refractivity contribution is 5.89. The molecule has 0 aliphatic carbocycles. The van der Waals surface area contributed by atoms with Crippen LogP contribution in [0.25, 0.3) is 22.8 Å². The third-order valence-electron chi connectivity index (χ3n) is 3.15. The molecule has 1 N–H and O–H groups in total. The van der Waals surface area contributed by atoms with Crippen LogP contribution >= 0.6 is 0 Å². The summed E-state index contributed by atoms with van der Waals surface area (Å²) >= 11 is 0. The van der Waals surface area contributed by atoms with Gasteiger partial charge >= 0.3 is 5.97 Å². The third-order valence-corrected chi connectivity index (χ3v) is 3.15. The Hall–Kier alpha value is -3.02. The van der Waals surface area contributed by atoms with Gasteiger partial charge < -0.3 is 9.63 Å². The summed E-state index contributed by atoms with van der Waals surface area (Å²) in [6.45, 7) is 1.83. The third kappa shape index (κ3) is 2.58. The van der Waals surface area contributed by atoms with E-state index in [4.69, 9.17) is 9.63 Å². The Balaban J connectivity index is 2.02. The Morgan fingerprint density at radius 3 is 2.82 bits per heavy atom. The number of nitrogens with zero attached hydrogens (tertiary/aromatic N) is 2. The molecule has 6 heteroatoms. The molecule has 22 heavy (non-hydrogen) atoms. The molecular formula is C16H11FN2O3. The lowest BCUT2D eigenvalue weighted by molar-refractivity contribution is 0.0697. The first-order valence-corrected chi connectivity index (χ1v) is 6.48. The van der Waals surface area contributed by atoms with E-state index >= 15 is 0 Å². The summed E-state index contributed by atoms with van der Waals surface area (Å²) in [5.41, 5.74) is 1.69. The molecule has 1 aromatic heterocycles. The van der Waals surface area contributed by atoms with Gasteiger partial charge in [-0.05, 0) is 31.2 Å². The SMILES string of the molecule is Cc1ccc(F)c(-c2nc(-c3cccc(C(=O)O)c3)no2)c1. The van der Waals surface area contributed by atoms with Crippen LogP contribution in [0.2, 0.25) is 0 Å². The number of carbonyl (C=O) groups is 1. The van der Waals surface area contributed by atoms with Gasteiger partial charge in [0.2, 0.25) is 5.82 Å². The van der Waals surface area contributed by atoms with E-state index in [-0.39, 0.29) is 22.8 Å². The van der Waals surface area contributed by atoms with Gasteiger partial charge in [-0.15, -0.1) is 0 Å². The molecule has 0 radical (unpaired) electrons. The number of halogens is 1. The molecule has 0 amide bonds. The molecule has 0 bridgehead atoms. The lowest BCUT2D eigenvalue weighted by Gasteiger charge is -1.98. The lowest BCUT2D eigenvalue weighted by atomic mass is 10.1. The summed E-state index contributed by atoms with van der Waals surface area (Å²) in [4.78, 5) is 15.1. The number of aromatic carboxylic acids is 1. The molecule has 0 fully saturated rings. The fraction of sp³-hybridized carbons (Fsp3) is 0.0625. The molecule has 0 saturated heterocycles. The first-order valence-electron chi connectivity index (χ1n) is 6.48. The van der Waals surface area contributed by atoms with E-state index in [1.807, 2.05) is 6.92 Å². The van der Waals surface area contributed by atoms with Gasteiger partial charge in [0.15, 0.2) is 0 Å². The average molecular weight is 298 g/mol. The molecule has 1 heterocycles. The van der Waals surface area contributed by atoms with Crippen LogP contribution in [0.1, 0.15) is 15.9 Å². The molecule has 2 aromatic carbocycles. The lowest BCUT2D eigenvalue weighted by Crippen LogP contribution is -1.96. The van der Waals surface area contributed by atoms with E-state index in [1.54, 1.807) is 24.3 Å². The Morgan fingerprint density at radius 1 is 1.23 bits per heavy atom. The van der Waals surface area contributed by atoms with Crippen LogP contribution in [0.5, 0.6) is 0 Å². The quantitative estimate of drug-likeness (QED) is 0.800. The minimum absolute atomic E-state index is 0.0527. The Bertz CT molecular complexity index is 858.